The van der Waals surface area contributed by atoms with Gasteiger partial charge in [-0.15, -0.1) is 0 Å². The molecule has 0 saturated carbocycles. The number of carboxylic acid groups (broad SMARTS) is 3. The van der Waals surface area contributed by atoms with E-state index < -0.39 is 47.8 Å². The molecule has 0 saturated heterocycles. The predicted octanol–water partition coefficient (Wildman–Crippen LogP) is 4.24. The fourth-order valence-electron chi connectivity index (χ4n) is 4.56. The molecule has 0 heterocycles. The summed E-state index contributed by atoms with van der Waals surface area (Å²) in [5, 5.41) is 50.9. The lowest BCUT2D eigenvalue weighted by Gasteiger charge is -2.29. The van der Waals surface area contributed by atoms with Gasteiger partial charge in [-0.05, 0) is 43.4 Å². The van der Waals surface area contributed by atoms with Crippen molar-refractivity contribution in [3.05, 3.63) is 42.0 Å². The van der Waals surface area contributed by atoms with Gasteiger partial charge in [0.25, 0.3) is 0 Å². The number of rotatable bonds is 23. The van der Waals surface area contributed by atoms with Gasteiger partial charge in [-0.2, -0.15) is 0 Å². The molecule has 1 aromatic rings. The number of amides is 1. The van der Waals surface area contributed by atoms with Crippen molar-refractivity contribution in [3.63, 3.8) is 0 Å². The Morgan fingerprint density at radius 1 is 0.857 bits per heavy atom. The van der Waals surface area contributed by atoms with Crippen LogP contribution in [0.15, 0.2) is 36.4 Å². The molecule has 42 heavy (non-hydrogen) atoms. The van der Waals surface area contributed by atoms with Crippen LogP contribution in [0.25, 0.3) is 0 Å². The molecular weight excluding hydrogens is 546 g/mol. The van der Waals surface area contributed by atoms with Gasteiger partial charge in [0, 0.05) is 19.3 Å². The molecular formula is C31H45NO10. The molecule has 0 bridgehead atoms. The molecule has 0 radical (unpaired) electrons. The van der Waals surface area contributed by atoms with Gasteiger partial charge in [0.2, 0.25) is 5.91 Å². The zero-order valence-corrected chi connectivity index (χ0v) is 24.3. The average Bonchev–Trinajstić information content (AvgIpc) is 2.92. The Morgan fingerprint density at radius 2 is 1.43 bits per heavy atom. The molecule has 0 aliphatic carbocycles. The summed E-state index contributed by atoms with van der Waals surface area (Å²) in [5.41, 5.74) is -2.56. The first kappa shape index (κ1) is 36.3. The second kappa shape index (κ2) is 19.4. The fraction of sp³-hybridized carbons (Fsp3) is 0.581. The molecule has 0 aliphatic heterocycles. The maximum Gasteiger partial charge on any atom is 0.337 e. The Hall–Kier alpha value is -3.73. The molecule has 0 aromatic heterocycles. The first-order valence-electron chi connectivity index (χ1n) is 14.6. The number of nitrogens with one attached hydrogen (secondary N) is 1. The van der Waals surface area contributed by atoms with Crippen molar-refractivity contribution >= 4 is 29.6 Å². The lowest BCUT2D eigenvalue weighted by atomic mass is 9.82. The number of hydrogen-bond acceptors (Lipinski definition) is 7. The Morgan fingerprint density at radius 3 is 1.95 bits per heavy atom. The van der Waals surface area contributed by atoms with Crippen LogP contribution >= 0.6 is 0 Å². The number of aliphatic hydroxyl groups is 1. The van der Waals surface area contributed by atoms with Gasteiger partial charge in [0.1, 0.15) is 17.6 Å². The zero-order valence-electron chi connectivity index (χ0n) is 24.3. The summed E-state index contributed by atoms with van der Waals surface area (Å²) in [5.74, 6) is -7.83. The molecule has 6 N–H and O–H groups in total. The lowest BCUT2D eigenvalue weighted by molar-refractivity contribution is -0.172. The van der Waals surface area contributed by atoms with Crippen molar-refractivity contribution in [1.29, 1.82) is 0 Å². The van der Waals surface area contributed by atoms with E-state index in [2.05, 4.69) is 12.2 Å². The van der Waals surface area contributed by atoms with E-state index in [1.807, 2.05) is 0 Å². The largest absolute Gasteiger partial charge is 0.508 e. The number of carboxylic acids is 3. The standard InChI is InChI=1S/C31H45NO10/c1-2-3-4-7-10-13-23(33)14-11-8-5-6-9-12-15-25(31(42,30(40)41)21-27(35)36)28(37)32-26(29(38)39)20-22-16-18-24(34)19-17-22/h12,15-19,25-26,34,42H,2-11,13-14,20-21H2,1H3,(H,32,37)(H,35,36)(H,38,39)(H,40,41)/t25-,26+,31-/m1/s1. The minimum absolute atomic E-state index is 0.0401. The number of aliphatic carboxylic acids is 3. The smallest absolute Gasteiger partial charge is 0.337 e. The zero-order chi connectivity index (χ0) is 31.5. The highest BCUT2D eigenvalue weighted by Crippen LogP contribution is 2.26. The molecule has 11 nitrogen and oxygen atoms in total. The number of aromatic hydroxyl groups is 1. The summed E-state index contributed by atoms with van der Waals surface area (Å²) in [7, 11) is 0. The van der Waals surface area contributed by atoms with Crippen LogP contribution in [0.1, 0.15) is 96.0 Å². The predicted molar refractivity (Wildman–Crippen MR) is 155 cm³/mol. The van der Waals surface area contributed by atoms with Gasteiger partial charge in [0.15, 0.2) is 5.60 Å². The number of carbonyl (C=O) groups is 5. The maximum absolute atomic E-state index is 13.1. The highest BCUT2D eigenvalue weighted by atomic mass is 16.4. The molecule has 0 unspecified atom stereocenters. The van der Waals surface area contributed by atoms with E-state index in [1.165, 1.54) is 36.8 Å². The van der Waals surface area contributed by atoms with E-state index in [0.717, 1.165) is 51.0 Å². The third kappa shape index (κ3) is 13.8. The van der Waals surface area contributed by atoms with Crippen LogP contribution in [-0.2, 0) is 30.4 Å². The van der Waals surface area contributed by atoms with Crippen molar-refractivity contribution in [2.45, 2.75) is 108 Å². The summed E-state index contributed by atoms with van der Waals surface area (Å²) in [6.07, 6.45) is 11.1. The number of phenols is 1. The van der Waals surface area contributed by atoms with Gasteiger partial charge >= 0.3 is 17.9 Å². The van der Waals surface area contributed by atoms with Crippen molar-refractivity contribution in [2.75, 3.05) is 0 Å². The molecule has 11 heteroatoms. The molecule has 0 fully saturated rings. The Balaban J connectivity index is 2.77. The summed E-state index contributed by atoms with van der Waals surface area (Å²) in [6.45, 7) is 2.14. The highest BCUT2D eigenvalue weighted by molar-refractivity contribution is 5.94. The second-order valence-electron chi connectivity index (χ2n) is 10.6. The van der Waals surface area contributed by atoms with Crippen LogP contribution in [0.5, 0.6) is 5.75 Å². The van der Waals surface area contributed by atoms with E-state index in [1.54, 1.807) is 0 Å². The Labute approximate surface area is 246 Å². The second-order valence-corrected chi connectivity index (χ2v) is 10.6. The fourth-order valence-corrected chi connectivity index (χ4v) is 4.56. The lowest BCUT2D eigenvalue weighted by Crippen LogP contribution is -2.55. The first-order chi connectivity index (χ1) is 19.9. The van der Waals surface area contributed by atoms with Crippen molar-refractivity contribution in [2.24, 2.45) is 5.92 Å². The van der Waals surface area contributed by atoms with Crippen molar-refractivity contribution in [3.8, 4) is 5.75 Å². The molecule has 3 atom stereocenters. The van der Waals surface area contributed by atoms with Crippen molar-refractivity contribution < 1.29 is 49.5 Å². The number of unbranched alkanes of at least 4 members (excludes halogenated alkanes) is 8. The van der Waals surface area contributed by atoms with E-state index in [9.17, 15) is 49.5 Å². The monoisotopic (exact) mass is 591 g/mol. The maximum atomic E-state index is 13.1. The van der Waals surface area contributed by atoms with Gasteiger partial charge in [-0.25, -0.2) is 9.59 Å². The quantitative estimate of drug-likeness (QED) is 0.0790. The van der Waals surface area contributed by atoms with Crippen LogP contribution in [0.3, 0.4) is 0 Å². The minimum Gasteiger partial charge on any atom is -0.508 e. The Kier molecular flexibility index (Phi) is 16.8. The van der Waals surface area contributed by atoms with Gasteiger partial charge < -0.3 is 30.8 Å². The summed E-state index contributed by atoms with van der Waals surface area (Å²) in [6, 6.07) is 4.07. The number of phenolic OH excluding ortho intramolecular Hbond substituents is 1. The number of ketones is 1. The molecule has 1 amide bonds. The third-order valence-corrected chi connectivity index (χ3v) is 7.04. The molecule has 0 spiro atoms. The van der Waals surface area contributed by atoms with E-state index >= 15 is 0 Å². The average molecular weight is 592 g/mol. The van der Waals surface area contributed by atoms with Crippen LogP contribution in [0, 0.1) is 5.92 Å². The molecule has 0 aliphatic rings. The van der Waals surface area contributed by atoms with Crippen LogP contribution in [0.2, 0.25) is 0 Å². The van der Waals surface area contributed by atoms with Crippen LogP contribution < -0.4 is 5.32 Å². The molecule has 1 aromatic carbocycles. The topological polar surface area (TPSA) is 199 Å². The van der Waals surface area contributed by atoms with Gasteiger partial charge in [-0.3, -0.25) is 14.4 Å². The van der Waals surface area contributed by atoms with Gasteiger partial charge in [0.05, 0.1) is 12.3 Å². The first-order valence-corrected chi connectivity index (χ1v) is 14.6. The SMILES string of the molecule is CCCCCCCC(=O)CCCCCCC=C[C@H](C(=O)N[C@@H](Cc1ccc(O)cc1)C(=O)O)[C@](O)(CC(=O)O)C(=O)O. The van der Waals surface area contributed by atoms with E-state index in [-0.39, 0.29) is 18.0 Å². The van der Waals surface area contributed by atoms with Crippen LogP contribution in [-0.4, -0.2) is 66.8 Å². The molecule has 234 valence electrons. The van der Waals surface area contributed by atoms with Crippen LogP contribution in [0.4, 0.5) is 0 Å². The van der Waals surface area contributed by atoms with Crippen molar-refractivity contribution in [1.82, 2.24) is 5.32 Å². The van der Waals surface area contributed by atoms with E-state index in [4.69, 9.17) is 0 Å². The Bertz CT molecular complexity index is 1050. The minimum atomic E-state index is -3.02. The summed E-state index contributed by atoms with van der Waals surface area (Å²) in [4.78, 5) is 60.2. The molecule has 1 rings (SSSR count). The third-order valence-electron chi connectivity index (χ3n) is 7.04. The number of benzene rings is 1. The normalized spacial score (nSPS) is 14.1. The van der Waals surface area contributed by atoms with Gasteiger partial charge in [-0.1, -0.05) is 69.7 Å². The number of hydrogen-bond donors (Lipinski definition) is 6. The summed E-state index contributed by atoms with van der Waals surface area (Å²) >= 11 is 0. The number of allylic oxidation sites excluding steroid dienone is 1. The number of carbonyl (C=O) groups excluding carboxylic acids is 2. The number of Topliss-reactive ketones (excluding diaryl/α,β-unsaturated/α-hetero) is 1. The van der Waals surface area contributed by atoms with E-state index in [0.29, 0.717) is 31.2 Å². The summed E-state index contributed by atoms with van der Waals surface area (Å²) < 4.78 is 0. The highest BCUT2D eigenvalue weighted by Gasteiger charge is 2.49.